The van der Waals surface area contributed by atoms with Crippen molar-refractivity contribution in [3.63, 3.8) is 0 Å². The Balaban J connectivity index is 1.74. The van der Waals surface area contributed by atoms with Crippen LogP contribution in [0.5, 0.6) is 0 Å². The van der Waals surface area contributed by atoms with Gasteiger partial charge in [-0.2, -0.15) is 0 Å². The molecular weight excluding hydrogens is 284 g/mol. The van der Waals surface area contributed by atoms with Gasteiger partial charge in [0.15, 0.2) is 0 Å². The van der Waals surface area contributed by atoms with E-state index < -0.39 is 0 Å². The number of nitrogen functional groups attached to an aromatic ring is 1. The Morgan fingerprint density at radius 2 is 2.05 bits per heavy atom. The summed E-state index contributed by atoms with van der Waals surface area (Å²) in [6.07, 6.45) is 2.17. The quantitative estimate of drug-likeness (QED) is 0.687. The number of thioether (sulfide) groups is 1. The van der Waals surface area contributed by atoms with E-state index in [9.17, 15) is 9.59 Å². The second kappa shape index (κ2) is 4.72. The first kappa shape index (κ1) is 12.8. The molecule has 19 heavy (non-hydrogen) atoms. The molecule has 1 unspecified atom stereocenters. The third kappa shape index (κ3) is 2.44. The lowest BCUT2D eigenvalue weighted by molar-refractivity contribution is -0.138. The maximum Gasteiger partial charge on any atom is 0.243 e. The fourth-order valence-electron chi connectivity index (χ4n) is 2.18. The van der Waals surface area contributed by atoms with Gasteiger partial charge < -0.3 is 5.73 Å². The van der Waals surface area contributed by atoms with Crippen molar-refractivity contribution in [1.29, 1.82) is 0 Å². The molecule has 0 radical (unpaired) electrons. The monoisotopic (exact) mass is 296 g/mol. The molecule has 1 atom stereocenters. The number of nitrogens with zero attached hydrogens (tertiary/aromatic N) is 1. The van der Waals surface area contributed by atoms with E-state index in [2.05, 4.69) is 0 Å². The van der Waals surface area contributed by atoms with Crippen LogP contribution < -0.4 is 5.73 Å². The fraction of sp³-hybridized carbons (Fsp3) is 0.385. The van der Waals surface area contributed by atoms with Gasteiger partial charge in [-0.15, -0.1) is 11.8 Å². The number of benzene rings is 1. The van der Waals surface area contributed by atoms with E-state index >= 15 is 0 Å². The molecular formula is C13H13ClN2O2S. The van der Waals surface area contributed by atoms with E-state index in [4.69, 9.17) is 17.3 Å². The SMILES string of the molecule is Nc1ccc(SC2CC(=O)N(C3CC3)C2=O)cc1Cl. The molecule has 1 saturated carbocycles. The zero-order chi connectivity index (χ0) is 13.6. The molecule has 0 bridgehead atoms. The summed E-state index contributed by atoms with van der Waals surface area (Å²) in [7, 11) is 0. The number of carbonyl (C=O) groups is 2. The molecule has 2 N–H and O–H groups in total. The first-order valence-corrected chi connectivity index (χ1v) is 7.39. The van der Waals surface area contributed by atoms with Gasteiger partial charge in [0, 0.05) is 17.4 Å². The van der Waals surface area contributed by atoms with Crippen LogP contribution in [0.4, 0.5) is 5.69 Å². The summed E-state index contributed by atoms with van der Waals surface area (Å²) in [5.41, 5.74) is 6.16. The normalized spacial score (nSPS) is 23.2. The average molecular weight is 297 g/mol. The number of amides is 2. The van der Waals surface area contributed by atoms with Gasteiger partial charge in [0.05, 0.1) is 16.0 Å². The van der Waals surface area contributed by atoms with Gasteiger partial charge in [0.25, 0.3) is 0 Å². The summed E-state index contributed by atoms with van der Waals surface area (Å²) in [6.45, 7) is 0. The van der Waals surface area contributed by atoms with Crippen LogP contribution in [0, 0.1) is 0 Å². The molecule has 4 nitrogen and oxygen atoms in total. The van der Waals surface area contributed by atoms with Gasteiger partial charge in [0.2, 0.25) is 11.8 Å². The third-order valence-electron chi connectivity index (χ3n) is 3.30. The van der Waals surface area contributed by atoms with Gasteiger partial charge in [-0.3, -0.25) is 14.5 Å². The highest BCUT2D eigenvalue weighted by Crippen LogP contribution is 2.38. The first-order chi connectivity index (χ1) is 9.06. The van der Waals surface area contributed by atoms with E-state index in [0.29, 0.717) is 10.7 Å². The Bertz CT molecular complexity index is 560. The second-order valence-electron chi connectivity index (χ2n) is 4.83. The van der Waals surface area contributed by atoms with E-state index in [1.54, 1.807) is 12.1 Å². The molecule has 0 spiro atoms. The lowest BCUT2D eigenvalue weighted by Crippen LogP contribution is -2.33. The number of imide groups is 1. The van der Waals surface area contributed by atoms with Crippen molar-refractivity contribution < 1.29 is 9.59 Å². The minimum absolute atomic E-state index is 0.0495. The van der Waals surface area contributed by atoms with Crippen molar-refractivity contribution >= 4 is 40.9 Å². The van der Waals surface area contributed by atoms with Crippen molar-refractivity contribution in [3.8, 4) is 0 Å². The van der Waals surface area contributed by atoms with Gasteiger partial charge in [-0.25, -0.2) is 0 Å². The molecule has 2 aliphatic rings. The van der Waals surface area contributed by atoms with Crippen molar-refractivity contribution in [1.82, 2.24) is 4.90 Å². The highest BCUT2D eigenvalue weighted by molar-refractivity contribution is 8.00. The molecule has 1 aliphatic carbocycles. The Kier molecular flexibility index (Phi) is 3.19. The maximum absolute atomic E-state index is 12.2. The van der Waals surface area contributed by atoms with E-state index in [1.807, 2.05) is 6.07 Å². The van der Waals surface area contributed by atoms with Crippen LogP contribution in [-0.2, 0) is 9.59 Å². The number of hydrogen-bond donors (Lipinski definition) is 1. The number of anilines is 1. The molecule has 6 heteroatoms. The topological polar surface area (TPSA) is 63.4 Å². The van der Waals surface area contributed by atoms with E-state index in [1.165, 1.54) is 16.7 Å². The zero-order valence-electron chi connectivity index (χ0n) is 10.1. The number of hydrogen-bond acceptors (Lipinski definition) is 4. The number of carbonyl (C=O) groups excluding carboxylic acids is 2. The van der Waals surface area contributed by atoms with E-state index in [0.717, 1.165) is 17.7 Å². The summed E-state index contributed by atoms with van der Waals surface area (Å²) >= 11 is 7.34. The van der Waals surface area contributed by atoms with Crippen molar-refractivity contribution in [2.75, 3.05) is 5.73 Å². The Labute approximate surface area is 120 Å². The summed E-state index contributed by atoms with van der Waals surface area (Å²) in [5.74, 6) is -0.114. The molecule has 1 aromatic rings. The van der Waals surface area contributed by atoms with Gasteiger partial charge >= 0.3 is 0 Å². The minimum atomic E-state index is -0.326. The minimum Gasteiger partial charge on any atom is -0.398 e. The van der Waals surface area contributed by atoms with Crippen LogP contribution in [0.15, 0.2) is 23.1 Å². The fourth-order valence-corrected chi connectivity index (χ4v) is 3.52. The van der Waals surface area contributed by atoms with Crippen LogP contribution in [-0.4, -0.2) is 28.0 Å². The molecule has 2 fully saturated rings. The molecule has 3 rings (SSSR count). The Morgan fingerprint density at radius 3 is 2.68 bits per heavy atom. The second-order valence-corrected chi connectivity index (χ2v) is 6.51. The maximum atomic E-state index is 12.2. The van der Waals surface area contributed by atoms with Crippen molar-refractivity contribution in [2.24, 2.45) is 0 Å². The average Bonchev–Trinajstić information content (AvgIpc) is 3.13. The molecule has 1 aromatic carbocycles. The Morgan fingerprint density at radius 1 is 1.32 bits per heavy atom. The number of halogens is 1. The van der Waals surface area contributed by atoms with Crippen LogP contribution in [0.25, 0.3) is 0 Å². The van der Waals surface area contributed by atoms with Gasteiger partial charge in [-0.1, -0.05) is 11.6 Å². The van der Waals surface area contributed by atoms with Crippen LogP contribution >= 0.6 is 23.4 Å². The van der Waals surface area contributed by atoms with Gasteiger partial charge in [-0.05, 0) is 31.0 Å². The predicted molar refractivity (Wildman–Crippen MR) is 75.0 cm³/mol. The number of nitrogens with two attached hydrogens (primary N) is 1. The molecule has 0 aromatic heterocycles. The number of likely N-dealkylation sites (tertiary alicyclic amines) is 1. The zero-order valence-corrected chi connectivity index (χ0v) is 11.7. The predicted octanol–water partition coefficient (Wildman–Crippen LogP) is 2.30. The van der Waals surface area contributed by atoms with Crippen LogP contribution in [0.2, 0.25) is 5.02 Å². The highest BCUT2D eigenvalue weighted by atomic mass is 35.5. The van der Waals surface area contributed by atoms with E-state index in [-0.39, 0.29) is 29.5 Å². The first-order valence-electron chi connectivity index (χ1n) is 6.14. The lowest BCUT2D eigenvalue weighted by Gasteiger charge is -2.13. The number of rotatable bonds is 3. The van der Waals surface area contributed by atoms with Crippen molar-refractivity contribution in [2.45, 2.75) is 35.4 Å². The summed E-state index contributed by atoms with van der Waals surface area (Å²) in [6, 6.07) is 5.42. The standard InChI is InChI=1S/C13H13ClN2O2S/c14-9-5-8(3-4-10(9)15)19-11-6-12(17)16(13(11)18)7-1-2-7/h3-5,7,11H,1-2,6,15H2. The van der Waals surface area contributed by atoms with Crippen LogP contribution in [0.1, 0.15) is 19.3 Å². The highest BCUT2D eigenvalue weighted by Gasteiger charge is 2.46. The van der Waals surface area contributed by atoms with Gasteiger partial charge in [0.1, 0.15) is 0 Å². The molecule has 2 amide bonds. The largest absolute Gasteiger partial charge is 0.398 e. The summed E-state index contributed by atoms with van der Waals surface area (Å²) < 4.78 is 0. The molecule has 100 valence electrons. The smallest absolute Gasteiger partial charge is 0.243 e. The summed E-state index contributed by atoms with van der Waals surface area (Å²) in [5, 5.41) is 0.147. The molecule has 1 heterocycles. The molecule has 1 saturated heterocycles. The van der Waals surface area contributed by atoms with Crippen molar-refractivity contribution in [3.05, 3.63) is 23.2 Å². The lowest BCUT2D eigenvalue weighted by atomic mass is 10.3. The molecule has 1 aliphatic heterocycles. The Hall–Kier alpha value is -1.20. The van der Waals surface area contributed by atoms with Crippen LogP contribution in [0.3, 0.4) is 0 Å². The third-order valence-corrected chi connectivity index (χ3v) is 4.81. The summed E-state index contributed by atoms with van der Waals surface area (Å²) in [4.78, 5) is 26.3.